The van der Waals surface area contributed by atoms with E-state index in [4.69, 9.17) is 4.42 Å². The summed E-state index contributed by atoms with van der Waals surface area (Å²) in [6, 6.07) is 74.1. The van der Waals surface area contributed by atoms with E-state index in [9.17, 15) is 0 Å². The highest BCUT2D eigenvalue weighted by Crippen LogP contribution is 2.53. The van der Waals surface area contributed by atoms with Crippen LogP contribution in [0, 0.1) is 0 Å². The topological polar surface area (TPSA) is 16.4 Å². The molecule has 0 saturated carbocycles. The molecule has 0 aliphatic heterocycles. The van der Waals surface area contributed by atoms with Crippen molar-refractivity contribution in [3.63, 3.8) is 0 Å². The smallest absolute Gasteiger partial charge is 0.144 e. The van der Waals surface area contributed by atoms with Crippen LogP contribution < -0.4 is 4.90 Å². The first-order valence-corrected chi connectivity index (χ1v) is 23.0. The van der Waals surface area contributed by atoms with Gasteiger partial charge >= 0.3 is 0 Å². The van der Waals surface area contributed by atoms with Crippen molar-refractivity contribution in [2.45, 2.75) is 19.3 Å². The van der Waals surface area contributed by atoms with Gasteiger partial charge in [-0.1, -0.05) is 166 Å². The van der Waals surface area contributed by atoms with Crippen molar-refractivity contribution in [2.75, 3.05) is 4.90 Å². The van der Waals surface area contributed by atoms with Gasteiger partial charge in [0.25, 0.3) is 0 Å². The van der Waals surface area contributed by atoms with Crippen LogP contribution in [0.3, 0.4) is 0 Å². The third kappa shape index (κ3) is 4.90. The summed E-state index contributed by atoms with van der Waals surface area (Å²) in [5.74, 6) is 0. The number of thiophene rings is 1. The minimum atomic E-state index is -0.165. The molecule has 1 aliphatic carbocycles. The molecule has 300 valence electrons. The summed E-state index contributed by atoms with van der Waals surface area (Å²) in [5, 5.41) is 14.7. The van der Waals surface area contributed by atoms with Crippen molar-refractivity contribution < 1.29 is 4.42 Å². The SMILES string of the molecule is CC1(C)c2ccccc2-c2ccc(N(c3ccc4c5ccccc5c5ccccc5c4c3)c3cccc4oc5c(-c6cccc7c6sc6ccccc67)c6ccccc6cc5c34)cc21. The molecule has 0 bridgehead atoms. The maximum atomic E-state index is 7.24. The highest BCUT2D eigenvalue weighted by molar-refractivity contribution is 7.26. The lowest BCUT2D eigenvalue weighted by Gasteiger charge is -2.29. The van der Waals surface area contributed by atoms with E-state index >= 15 is 0 Å². The van der Waals surface area contributed by atoms with E-state index in [-0.39, 0.29) is 5.41 Å². The molecule has 14 rings (SSSR count). The summed E-state index contributed by atoms with van der Waals surface area (Å²) < 4.78 is 9.81. The van der Waals surface area contributed by atoms with Crippen LogP contribution in [0.25, 0.3) is 107 Å². The van der Waals surface area contributed by atoms with Crippen LogP contribution in [-0.2, 0) is 5.41 Å². The number of furan rings is 1. The van der Waals surface area contributed by atoms with Crippen LogP contribution in [0.1, 0.15) is 25.0 Å². The average molecular weight is 834 g/mol. The molecule has 2 aromatic heterocycles. The van der Waals surface area contributed by atoms with Crippen molar-refractivity contribution in [3.8, 4) is 22.3 Å². The van der Waals surface area contributed by atoms with Gasteiger partial charge in [0.05, 0.1) is 11.1 Å². The third-order valence-corrected chi connectivity index (χ3v) is 15.4. The van der Waals surface area contributed by atoms with Crippen LogP contribution in [-0.4, -0.2) is 0 Å². The van der Waals surface area contributed by atoms with Gasteiger partial charge in [-0.05, 0) is 114 Å². The van der Waals surface area contributed by atoms with Crippen molar-refractivity contribution in [1.29, 1.82) is 0 Å². The molecule has 1 aliphatic rings. The van der Waals surface area contributed by atoms with Crippen molar-refractivity contribution in [2.24, 2.45) is 0 Å². The van der Waals surface area contributed by atoms with Crippen molar-refractivity contribution in [1.82, 2.24) is 0 Å². The number of nitrogens with zero attached hydrogens (tertiary/aromatic N) is 1. The molecule has 0 unspecified atom stereocenters. The van der Waals surface area contributed by atoms with Crippen LogP contribution >= 0.6 is 11.3 Å². The molecule has 64 heavy (non-hydrogen) atoms. The fourth-order valence-corrected chi connectivity index (χ4v) is 12.5. The largest absolute Gasteiger partial charge is 0.455 e. The standard InChI is InChI=1S/C61H39NOS/c1-61(2)52-25-11-9-21-45(52)46-32-30-38(35-53(46)61)62(37-29-31-44-42-19-6-5-17-40(42)41-18-7-8-20-43(41)50(44)34-37)54-26-14-27-55-58(54)51-33-36-15-3-4-16-39(36)57(59(51)63-55)49-24-13-23-48-47-22-10-12-28-56(47)64-60(48)49/h3-35H,1-2H3. The lowest BCUT2D eigenvalue weighted by atomic mass is 9.82. The molecule has 0 saturated heterocycles. The summed E-state index contributed by atoms with van der Waals surface area (Å²) in [6.07, 6.45) is 0. The molecule has 0 radical (unpaired) electrons. The second-order valence-corrected chi connectivity index (χ2v) is 19.0. The molecule has 2 heterocycles. The Balaban J connectivity index is 1.08. The lowest BCUT2D eigenvalue weighted by molar-refractivity contribution is 0.660. The van der Waals surface area contributed by atoms with E-state index < -0.39 is 0 Å². The van der Waals surface area contributed by atoms with E-state index in [0.717, 1.165) is 44.6 Å². The Kier molecular flexibility index (Phi) is 7.36. The lowest BCUT2D eigenvalue weighted by Crippen LogP contribution is -2.16. The number of rotatable bonds is 4. The van der Waals surface area contributed by atoms with Crippen LogP contribution in [0.15, 0.2) is 205 Å². The summed E-state index contributed by atoms with van der Waals surface area (Å²) in [7, 11) is 0. The van der Waals surface area contributed by atoms with Gasteiger partial charge in [-0.15, -0.1) is 11.3 Å². The molecule has 13 aromatic rings. The van der Waals surface area contributed by atoms with Gasteiger partial charge < -0.3 is 9.32 Å². The second kappa shape index (κ2) is 13.2. The number of hydrogen-bond donors (Lipinski definition) is 0. The van der Waals surface area contributed by atoms with Gasteiger partial charge in [0.2, 0.25) is 0 Å². The molecule has 0 spiro atoms. The quantitative estimate of drug-likeness (QED) is 0.164. The summed E-state index contributed by atoms with van der Waals surface area (Å²) in [5.41, 5.74) is 12.6. The molecule has 0 fully saturated rings. The maximum Gasteiger partial charge on any atom is 0.144 e. The molecule has 11 aromatic carbocycles. The number of anilines is 3. The van der Waals surface area contributed by atoms with Crippen molar-refractivity contribution in [3.05, 3.63) is 211 Å². The van der Waals surface area contributed by atoms with Crippen molar-refractivity contribution >= 4 is 114 Å². The summed E-state index contributed by atoms with van der Waals surface area (Å²) in [4.78, 5) is 2.49. The Morgan fingerprint density at radius 2 is 1.02 bits per heavy atom. The Morgan fingerprint density at radius 3 is 1.83 bits per heavy atom. The third-order valence-electron chi connectivity index (χ3n) is 14.2. The van der Waals surface area contributed by atoms with E-state index in [1.54, 1.807) is 0 Å². The number of hydrogen-bond acceptors (Lipinski definition) is 3. The van der Waals surface area contributed by atoms with Gasteiger partial charge in [-0.25, -0.2) is 0 Å². The summed E-state index contributed by atoms with van der Waals surface area (Å²) >= 11 is 1.87. The van der Waals surface area contributed by atoms with Crippen LogP contribution in [0.4, 0.5) is 17.1 Å². The minimum Gasteiger partial charge on any atom is -0.455 e. The highest BCUT2D eigenvalue weighted by atomic mass is 32.1. The minimum absolute atomic E-state index is 0.165. The fourth-order valence-electron chi connectivity index (χ4n) is 11.3. The molecule has 0 N–H and O–H groups in total. The zero-order valence-electron chi connectivity index (χ0n) is 35.3. The first-order chi connectivity index (χ1) is 31.5. The molecule has 0 amide bonds. The molecule has 3 heteroatoms. The van der Waals surface area contributed by atoms with Gasteiger partial charge in [0, 0.05) is 53.5 Å². The average Bonchev–Trinajstić information content (AvgIpc) is 3.99. The fraction of sp³-hybridized carbons (Fsp3) is 0.0492. The predicted octanol–water partition coefficient (Wildman–Crippen LogP) is 18.0. The Bertz CT molecular complexity index is 4090. The first-order valence-electron chi connectivity index (χ1n) is 22.2. The van der Waals surface area contributed by atoms with E-state index in [1.165, 1.54) is 91.1 Å². The van der Waals surface area contributed by atoms with E-state index in [2.05, 4.69) is 219 Å². The second-order valence-electron chi connectivity index (χ2n) is 17.9. The monoisotopic (exact) mass is 833 g/mol. The zero-order chi connectivity index (χ0) is 42.3. The van der Waals surface area contributed by atoms with Gasteiger partial charge in [0.1, 0.15) is 11.2 Å². The summed E-state index contributed by atoms with van der Waals surface area (Å²) in [6.45, 7) is 4.74. The maximum absolute atomic E-state index is 7.24. The molecule has 0 atom stereocenters. The normalized spacial score (nSPS) is 13.3. The van der Waals surface area contributed by atoms with Gasteiger partial charge in [-0.3, -0.25) is 0 Å². The van der Waals surface area contributed by atoms with Crippen LogP contribution in [0.2, 0.25) is 0 Å². The number of benzene rings is 11. The first kappa shape index (κ1) is 35.8. The Hall–Kier alpha value is -7.72. The number of fused-ring (bicyclic) bond motifs is 16. The molecular weight excluding hydrogens is 795 g/mol. The van der Waals surface area contributed by atoms with E-state index in [1.807, 2.05) is 11.3 Å². The Morgan fingerprint density at radius 1 is 0.422 bits per heavy atom. The Labute approximate surface area is 373 Å². The predicted molar refractivity (Wildman–Crippen MR) is 274 cm³/mol. The molecule has 2 nitrogen and oxygen atoms in total. The van der Waals surface area contributed by atoms with Gasteiger partial charge in [0.15, 0.2) is 0 Å². The van der Waals surface area contributed by atoms with Gasteiger partial charge in [-0.2, -0.15) is 0 Å². The molecular formula is C61H39NOS. The van der Waals surface area contributed by atoms with E-state index in [0.29, 0.717) is 0 Å². The zero-order valence-corrected chi connectivity index (χ0v) is 36.1. The van der Waals surface area contributed by atoms with Crippen LogP contribution in [0.5, 0.6) is 0 Å². The highest BCUT2D eigenvalue weighted by Gasteiger charge is 2.36.